The number of ketones is 1. The summed E-state index contributed by atoms with van der Waals surface area (Å²) in [5, 5.41) is 10.4. The lowest BCUT2D eigenvalue weighted by Crippen LogP contribution is -2.42. The third-order valence-corrected chi connectivity index (χ3v) is 4.43. The first-order valence-corrected chi connectivity index (χ1v) is 7.29. The second kappa shape index (κ2) is 5.54. The molecule has 2 nitrogen and oxygen atoms in total. The van der Waals surface area contributed by atoms with Crippen LogP contribution in [-0.2, 0) is 11.2 Å². The van der Waals surface area contributed by atoms with Crippen molar-refractivity contribution in [3.63, 3.8) is 0 Å². The van der Waals surface area contributed by atoms with Crippen molar-refractivity contribution >= 4 is 21.7 Å². The van der Waals surface area contributed by atoms with Crippen molar-refractivity contribution in [1.82, 2.24) is 0 Å². The fourth-order valence-corrected chi connectivity index (χ4v) is 2.74. The molecule has 98 valence electrons. The molecule has 0 bridgehead atoms. The van der Waals surface area contributed by atoms with Crippen molar-refractivity contribution in [2.75, 3.05) is 0 Å². The predicted octanol–water partition coefficient (Wildman–Crippen LogP) is 3.50. The molecule has 18 heavy (non-hydrogen) atoms. The molecule has 0 aliphatic heterocycles. The number of Topliss-reactive ketones (excluding diaryl/α,β-unsaturated/α-hetero) is 1. The molecule has 1 aromatic carbocycles. The highest BCUT2D eigenvalue weighted by atomic mass is 79.9. The topological polar surface area (TPSA) is 37.3 Å². The Labute approximate surface area is 117 Å². The summed E-state index contributed by atoms with van der Waals surface area (Å²) in [5.74, 6) is 0.600. The Hall–Kier alpha value is -0.670. The highest BCUT2D eigenvalue weighted by Gasteiger charge is 2.38. The Morgan fingerprint density at radius 2 is 1.89 bits per heavy atom. The summed E-state index contributed by atoms with van der Waals surface area (Å²) in [6.07, 6.45) is 3.45. The van der Waals surface area contributed by atoms with E-state index in [-0.39, 0.29) is 5.78 Å². The van der Waals surface area contributed by atoms with Gasteiger partial charge in [-0.2, -0.15) is 0 Å². The molecular formula is C15H19BrO2. The first kappa shape index (κ1) is 13.8. The number of hydrogen-bond donors (Lipinski definition) is 1. The molecular weight excluding hydrogens is 292 g/mol. The van der Waals surface area contributed by atoms with Gasteiger partial charge in [0.15, 0.2) is 5.78 Å². The number of carbonyl (C=O) groups excluding carboxylic acids is 1. The van der Waals surface area contributed by atoms with Gasteiger partial charge in [0, 0.05) is 10.9 Å². The van der Waals surface area contributed by atoms with E-state index in [1.807, 2.05) is 24.3 Å². The number of benzene rings is 1. The largest absolute Gasteiger partial charge is 0.382 e. The molecule has 0 unspecified atom stereocenters. The van der Waals surface area contributed by atoms with Gasteiger partial charge in [0.2, 0.25) is 0 Å². The summed E-state index contributed by atoms with van der Waals surface area (Å²) in [6, 6.07) is 7.71. The van der Waals surface area contributed by atoms with Gasteiger partial charge in [0.1, 0.15) is 5.60 Å². The van der Waals surface area contributed by atoms with Gasteiger partial charge in [-0.15, -0.1) is 0 Å². The van der Waals surface area contributed by atoms with Crippen LogP contribution in [0.1, 0.15) is 38.2 Å². The van der Waals surface area contributed by atoms with Gasteiger partial charge in [0.05, 0.1) is 0 Å². The number of aliphatic hydroxyl groups is 1. The Balaban J connectivity index is 2.01. The zero-order valence-electron chi connectivity index (χ0n) is 10.7. The van der Waals surface area contributed by atoms with E-state index in [0.29, 0.717) is 25.2 Å². The highest BCUT2D eigenvalue weighted by molar-refractivity contribution is 9.10. The average molecular weight is 311 g/mol. The quantitative estimate of drug-likeness (QED) is 0.927. The van der Waals surface area contributed by atoms with Crippen LogP contribution in [0.5, 0.6) is 0 Å². The second-order valence-electron chi connectivity index (χ2n) is 5.44. The monoisotopic (exact) mass is 310 g/mol. The third-order valence-electron chi connectivity index (χ3n) is 3.90. The van der Waals surface area contributed by atoms with Gasteiger partial charge in [-0.25, -0.2) is 0 Å². The zero-order valence-corrected chi connectivity index (χ0v) is 12.2. The van der Waals surface area contributed by atoms with E-state index in [0.717, 1.165) is 22.9 Å². The van der Waals surface area contributed by atoms with E-state index in [1.54, 1.807) is 0 Å². The lowest BCUT2D eigenvalue weighted by Gasteiger charge is -2.33. The van der Waals surface area contributed by atoms with Crippen LogP contribution in [0.4, 0.5) is 0 Å². The molecule has 1 aliphatic rings. The maximum absolute atomic E-state index is 12.2. The minimum atomic E-state index is -1.08. The normalized spacial score (nSPS) is 28.1. The summed E-state index contributed by atoms with van der Waals surface area (Å²) in [4.78, 5) is 12.2. The third kappa shape index (κ3) is 3.21. The molecule has 1 aliphatic carbocycles. The summed E-state index contributed by atoms with van der Waals surface area (Å²) >= 11 is 3.37. The Kier molecular flexibility index (Phi) is 4.23. The first-order chi connectivity index (χ1) is 8.49. The summed E-state index contributed by atoms with van der Waals surface area (Å²) in [5.41, 5.74) is -0.116. The van der Waals surface area contributed by atoms with Gasteiger partial charge in [-0.3, -0.25) is 4.79 Å². The molecule has 1 N–H and O–H groups in total. The Morgan fingerprint density at radius 3 is 2.44 bits per heavy atom. The predicted molar refractivity (Wildman–Crippen MR) is 75.4 cm³/mol. The fourth-order valence-electron chi connectivity index (χ4n) is 2.47. The van der Waals surface area contributed by atoms with Crippen LogP contribution < -0.4 is 0 Å². The highest BCUT2D eigenvalue weighted by Crippen LogP contribution is 2.33. The van der Waals surface area contributed by atoms with E-state index >= 15 is 0 Å². The maximum atomic E-state index is 12.2. The van der Waals surface area contributed by atoms with Crippen LogP contribution in [-0.4, -0.2) is 16.5 Å². The average Bonchev–Trinajstić information content (AvgIpc) is 2.36. The van der Waals surface area contributed by atoms with E-state index in [2.05, 4.69) is 22.9 Å². The van der Waals surface area contributed by atoms with Crippen LogP contribution in [0.2, 0.25) is 0 Å². The van der Waals surface area contributed by atoms with Crippen LogP contribution in [0, 0.1) is 5.92 Å². The second-order valence-corrected chi connectivity index (χ2v) is 6.36. The molecule has 0 spiro atoms. The van der Waals surface area contributed by atoms with Gasteiger partial charge < -0.3 is 5.11 Å². The van der Waals surface area contributed by atoms with Crippen LogP contribution in [0.15, 0.2) is 28.7 Å². The number of hydrogen-bond acceptors (Lipinski definition) is 2. The van der Waals surface area contributed by atoms with Gasteiger partial charge in [0.25, 0.3) is 0 Å². The first-order valence-electron chi connectivity index (χ1n) is 6.50. The van der Waals surface area contributed by atoms with Crippen molar-refractivity contribution in [1.29, 1.82) is 0 Å². The fraction of sp³-hybridized carbons (Fsp3) is 0.533. The van der Waals surface area contributed by atoms with E-state index in [1.165, 1.54) is 0 Å². The SMILES string of the molecule is CC1CCC(O)(C(=O)Cc2ccc(Br)cc2)CC1. The van der Waals surface area contributed by atoms with E-state index in [4.69, 9.17) is 0 Å². The molecule has 0 atom stereocenters. The zero-order chi connectivity index (χ0) is 13.2. The molecule has 1 saturated carbocycles. The molecule has 0 amide bonds. The minimum Gasteiger partial charge on any atom is -0.382 e. The van der Waals surface area contributed by atoms with Crippen LogP contribution in [0.25, 0.3) is 0 Å². The van der Waals surface area contributed by atoms with Crippen LogP contribution >= 0.6 is 15.9 Å². The molecule has 0 heterocycles. The number of halogens is 1. The summed E-state index contributed by atoms with van der Waals surface area (Å²) < 4.78 is 1.00. The molecule has 3 heteroatoms. The van der Waals surface area contributed by atoms with Crippen molar-refractivity contribution in [3.05, 3.63) is 34.3 Å². The number of carbonyl (C=O) groups is 1. The molecule has 0 aromatic heterocycles. The smallest absolute Gasteiger partial charge is 0.168 e. The lowest BCUT2D eigenvalue weighted by atomic mass is 9.76. The van der Waals surface area contributed by atoms with Crippen molar-refractivity contribution in [3.8, 4) is 0 Å². The molecule has 1 fully saturated rings. The lowest BCUT2D eigenvalue weighted by molar-refractivity contribution is -0.140. The van der Waals surface area contributed by atoms with Gasteiger partial charge >= 0.3 is 0 Å². The maximum Gasteiger partial charge on any atom is 0.168 e. The molecule has 0 radical (unpaired) electrons. The Bertz CT molecular complexity index is 417. The van der Waals surface area contributed by atoms with Crippen LogP contribution in [0.3, 0.4) is 0 Å². The minimum absolute atomic E-state index is 0.0308. The summed E-state index contributed by atoms with van der Waals surface area (Å²) in [6.45, 7) is 2.18. The van der Waals surface area contributed by atoms with Crippen molar-refractivity contribution in [2.45, 2.75) is 44.6 Å². The van der Waals surface area contributed by atoms with E-state index < -0.39 is 5.60 Å². The number of rotatable bonds is 3. The van der Waals surface area contributed by atoms with E-state index in [9.17, 15) is 9.90 Å². The molecule has 1 aromatic rings. The van der Waals surface area contributed by atoms with Gasteiger partial charge in [-0.1, -0.05) is 35.0 Å². The standard InChI is InChI=1S/C15H19BrO2/c1-11-6-8-15(18,9-7-11)14(17)10-12-2-4-13(16)5-3-12/h2-5,11,18H,6-10H2,1H3. The van der Waals surface area contributed by atoms with Gasteiger partial charge in [-0.05, 0) is 49.3 Å². The van der Waals surface area contributed by atoms with Crippen molar-refractivity contribution in [2.24, 2.45) is 5.92 Å². The molecule has 2 rings (SSSR count). The summed E-state index contributed by atoms with van der Waals surface area (Å²) in [7, 11) is 0. The molecule has 0 saturated heterocycles. The van der Waals surface area contributed by atoms with Crippen molar-refractivity contribution < 1.29 is 9.90 Å². The Morgan fingerprint density at radius 1 is 1.33 bits per heavy atom.